The minimum absolute atomic E-state index is 0.0963. The summed E-state index contributed by atoms with van der Waals surface area (Å²) in [6, 6.07) is 7.82. The molecule has 2 N–H and O–H groups in total. The van der Waals surface area contributed by atoms with Crippen molar-refractivity contribution in [2.75, 3.05) is 5.73 Å². The van der Waals surface area contributed by atoms with Crippen LogP contribution < -0.4 is 11.3 Å². The number of nitrogen functional groups attached to an aromatic ring is 1. The number of anilines is 1. The summed E-state index contributed by atoms with van der Waals surface area (Å²) in [4.78, 5) is 16.3. The van der Waals surface area contributed by atoms with Crippen molar-refractivity contribution in [1.82, 2.24) is 19.9 Å². The third-order valence-electron chi connectivity index (χ3n) is 3.39. The number of nitrogens with two attached hydrogens (primary N) is 1. The van der Waals surface area contributed by atoms with Crippen LogP contribution in [0.25, 0.3) is 12.2 Å². The molecule has 122 valence electrons. The van der Waals surface area contributed by atoms with Crippen LogP contribution in [0.5, 0.6) is 0 Å². The molecule has 0 unspecified atom stereocenters. The number of nitrogens with zero attached hydrogens (tertiary/aromatic N) is 4. The van der Waals surface area contributed by atoms with Crippen LogP contribution in [0, 0.1) is 6.92 Å². The van der Waals surface area contributed by atoms with Crippen LogP contribution >= 0.6 is 15.9 Å². The Bertz CT molecular complexity index is 944. The molecule has 0 saturated carbocycles. The van der Waals surface area contributed by atoms with E-state index in [-0.39, 0.29) is 12.1 Å². The molecule has 1 aromatic carbocycles. The monoisotopic (exact) mass is 387 g/mol. The first-order valence-electron chi connectivity index (χ1n) is 7.11. The van der Waals surface area contributed by atoms with E-state index in [1.165, 1.54) is 10.9 Å². The summed E-state index contributed by atoms with van der Waals surface area (Å²) in [7, 11) is 0. The molecule has 24 heavy (non-hydrogen) atoms. The number of hydrogen-bond acceptors (Lipinski definition) is 6. The van der Waals surface area contributed by atoms with Gasteiger partial charge in [-0.1, -0.05) is 39.3 Å². The molecule has 0 aliphatic carbocycles. The van der Waals surface area contributed by atoms with Crippen LogP contribution in [0.1, 0.15) is 22.8 Å². The van der Waals surface area contributed by atoms with E-state index < -0.39 is 0 Å². The highest BCUT2D eigenvalue weighted by atomic mass is 79.9. The molecule has 0 fully saturated rings. The Kier molecular flexibility index (Phi) is 4.57. The maximum atomic E-state index is 12.1. The van der Waals surface area contributed by atoms with E-state index in [9.17, 15) is 4.79 Å². The summed E-state index contributed by atoms with van der Waals surface area (Å²) in [5.41, 5.74) is 7.19. The van der Waals surface area contributed by atoms with Gasteiger partial charge < -0.3 is 10.3 Å². The Morgan fingerprint density at radius 3 is 2.79 bits per heavy atom. The summed E-state index contributed by atoms with van der Waals surface area (Å²) in [5, 5.41) is 7.84. The third-order valence-corrected chi connectivity index (χ3v) is 3.92. The Balaban J connectivity index is 1.75. The molecule has 0 bridgehead atoms. The number of aromatic nitrogens is 4. The zero-order chi connectivity index (χ0) is 17.1. The van der Waals surface area contributed by atoms with Crippen molar-refractivity contribution in [1.29, 1.82) is 0 Å². The average molecular weight is 388 g/mol. The molecule has 0 aliphatic heterocycles. The molecular formula is C16H14BrN5O2. The number of rotatable bonds is 4. The molecule has 0 radical (unpaired) electrons. The van der Waals surface area contributed by atoms with E-state index in [0.717, 1.165) is 10.0 Å². The molecule has 3 rings (SSSR count). The fourth-order valence-corrected chi connectivity index (χ4v) is 2.25. The predicted molar refractivity (Wildman–Crippen MR) is 94.1 cm³/mol. The van der Waals surface area contributed by atoms with Gasteiger partial charge in [0.15, 0.2) is 5.82 Å². The summed E-state index contributed by atoms with van der Waals surface area (Å²) >= 11 is 3.39. The van der Waals surface area contributed by atoms with Gasteiger partial charge in [-0.15, -0.1) is 0 Å². The predicted octanol–water partition coefficient (Wildman–Crippen LogP) is 2.50. The number of benzene rings is 1. The van der Waals surface area contributed by atoms with Crippen LogP contribution in [0.2, 0.25) is 0 Å². The van der Waals surface area contributed by atoms with E-state index >= 15 is 0 Å². The van der Waals surface area contributed by atoms with Crippen molar-refractivity contribution < 1.29 is 4.52 Å². The van der Waals surface area contributed by atoms with Gasteiger partial charge in [-0.05, 0) is 30.7 Å². The lowest BCUT2D eigenvalue weighted by atomic mass is 10.2. The molecule has 0 atom stereocenters. The van der Waals surface area contributed by atoms with Gasteiger partial charge in [0, 0.05) is 10.0 Å². The number of halogens is 1. The Hall–Kier alpha value is -2.74. The van der Waals surface area contributed by atoms with Gasteiger partial charge >= 0.3 is 0 Å². The molecule has 2 aromatic heterocycles. The molecule has 8 heteroatoms. The van der Waals surface area contributed by atoms with Crippen LogP contribution in [-0.2, 0) is 6.54 Å². The van der Waals surface area contributed by atoms with Gasteiger partial charge in [0.1, 0.15) is 6.54 Å². The van der Waals surface area contributed by atoms with Crippen molar-refractivity contribution in [3.63, 3.8) is 0 Å². The standard InChI is InChI=1S/C16H14BrN5O2/c1-10-13(18)8-19-22(16(10)23)9-15-20-14(21-24-15)7-4-11-2-5-12(17)6-3-11/h2-8H,9,18H2,1H3/b7-4+. The Labute approximate surface area is 145 Å². The fraction of sp³-hybridized carbons (Fsp3) is 0.125. The van der Waals surface area contributed by atoms with Crippen molar-refractivity contribution in [2.24, 2.45) is 0 Å². The van der Waals surface area contributed by atoms with Gasteiger partial charge in [-0.2, -0.15) is 10.1 Å². The quantitative estimate of drug-likeness (QED) is 0.737. The highest BCUT2D eigenvalue weighted by Gasteiger charge is 2.09. The molecule has 0 aliphatic rings. The van der Waals surface area contributed by atoms with Gasteiger partial charge in [0.2, 0.25) is 5.89 Å². The summed E-state index contributed by atoms with van der Waals surface area (Å²) < 4.78 is 7.40. The van der Waals surface area contributed by atoms with Gasteiger partial charge in [0.05, 0.1) is 11.9 Å². The molecule has 7 nitrogen and oxygen atoms in total. The zero-order valence-electron chi connectivity index (χ0n) is 12.8. The van der Waals surface area contributed by atoms with E-state index in [4.69, 9.17) is 10.3 Å². The summed E-state index contributed by atoms with van der Waals surface area (Å²) in [5.74, 6) is 0.720. The first kappa shape index (κ1) is 16.1. The third kappa shape index (κ3) is 3.60. The van der Waals surface area contributed by atoms with Crippen molar-refractivity contribution >= 4 is 33.8 Å². The van der Waals surface area contributed by atoms with Crippen LogP contribution in [-0.4, -0.2) is 19.9 Å². The molecule has 0 saturated heterocycles. The molecule has 3 aromatic rings. The van der Waals surface area contributed by atoms with Crippen molar-refractivity contribution in [2.45, 2.75) is 13.5 Å². The lowest BCUT2D eigenvalue weighted by Gasteiger charge is -2.03. The Morgan fingerprint density at radius 2 is 2.04 bits per heavy atom. The molecule has 0 amide bonds. The minimum atomic E-state index is -0.278. The highest BCUT2D eigenvalue weighted by molar-refractivity contribution is 9.10. The van der Waals surface area contributed by atoms with Crippen LogP contribution in [0.15, 0.2) is 44.3 Å². The number of hydrogen-bond donors (Lipinski definition) is 1. The summed E-state index contributed by atoms with van der Waals surface area (Å²) in [6.07, 6.45) is 5.04. The molecule has 2 heterocycles. The highest BCUT2D eigenvalue weighted by Crippen LogP contribution is 2.12. The van der Waals surface area contributed by atoms with E-state index in [0.29, 0.717) is 23.0 Å². The average Bonchev–Trinajstić information content (AvgIpc) is 3.02. The smallest absolute Gasteiger partial charge is 0.272 e. The largest absolute Gasteiger partial charge is 0.397 e. The SMILES string of the molecule is Cc1c(N)cnn(Cc2nc(/C=C/c3ccc(Br)cc3)no2)c1=O. The normalized spacial score (nSPS) is 11.2. The fourth-order valence-electron chi connectivity index (χ4n) is 1.98. The second-order valence-electron chi connectivity index (χ2n) is 5.12. The molecule has 0 spiro atoms. The second-order valence-corrected chi connectivity index (χ2v) is 6.03. The maximum Gasteiger partial charge on any atom is 0.272 e. The second kappa shape index (κ2) is 6.79. The maximum absolute atomic E-state index is 12.1. The molecular weight excluding hydrogens is 374 g/mol. The first-order chi connectivity index (χ1) is 11.5. The van der Waals surface area contributed by atoms with Gasteiger partial charge in [-0.3, -0.25) is 4.79 Å². The van der Waals surface area contributed by atoms with E-state index in [1.807, 2.05) is 30.3 Å². The van der Waals surface area contributed by atoms with Crippen LogP contribution in [0.4, 0.5) is 5.69 Å². The lowest BCUT2D eigenvalue weighted by molar-refractivity contribution is 0.361. The van der Waals surface area contributed by atoms with E-state index in [2.05, 4.69) is 31.2 Å². The van der Waals surface area contributed by atoms with Gasteiger partial charge in [0.25, 0.3) is 5.56 Å². The van der Waals surface area contributed by atoms with Crippen molar-refractivity contribution in [3.8, 4) is 0 Å². The first-order valence-corrected chi connectivity index (χ1v) is 7.90. The van der Waals surface area contributed by atoms with E-state index in [1.54, 1.807) is 13.0 Å². The minimum Gasteiger partial charge on any atom is -0.397 e. The zero-order valence-corrected chi connectivity index (χ0v) is 14.4. The van der Waals surface area contributed by atoms with Crippen LogP contribution in [0.3, 0.4) is 0 Å². The lowest BCUT2D eigenvalue weighted by Crippen LogP contribution is -2.26. The Morgan fingerprint density at radius 1 is 1.29 bits per heavy atom. The van der Waals surface area contributed by atoms with Gasteiger partial charge in [-0.25, -0.2) is 4.68 Å². The van der Waals surface area contributed by atoms with Crippen molar-refractivity contribution in [3.05, 3.63) is 68.1 Å². The topological polar surface area (TPSA) is 99.8 Å². The summed E-state index contributed by atoms with van der Waals surface area (Å²) in [6.45, 7) is 1.75.